The Kier molecular flexibility index (Phi) is 4.12. The molecule has 0 radical (unpaired) electrons. The zero-order chi connectivity index (χ0) is 14.8. The summed E-state index contributed by atoms with van der Waals surface area (Å²) in [6.45, 7) is 4.22. The molecular formula is C16H21NO4. The van der Waals surface area contributed by atoms with E-state index in [0.717, 1.165) is 25.9 Å². The van der Waals surface area contributed by atoms with Crippen molar-refractivity contribution in [2.45, 2.75) is 25.9 Å². The molecule has 2 aliphatic rings. The monoisotopic (exact) mass is 291 g/mol. The zero-order valence-electron chi connectivity index (χ0n) is 12.2. The molecule has 5 nitrogen and oxygen atoms in total. The minimum absolute atomic E-state index is 0.101. The first-order valence-electron chi connectivity index (χ1n) is 7.47. The third-order valence-electron chi connectivity index (χ3n) is 4.38. The molecule has 0 spiro atoms. The first-order chi connectivity index (χ1) is 10.1. The van der Waals surface area contributed by atoms with Crippen molar-refractivity contribution in [3.05, 3.63) is 23.8 Å². The molecule has 5 heteroatoms. The van der Waals surface area contributed by atoms with E-state index in [4.69, 9.17) is 9.47 Å². The van der Waals surface area contributed by atoms with E-state index < -0.39 is 0 Å². The summed E-state index contributed by atoms with van der Waals surface area (Å²) >= 11 is 0. The van der Waals surface area contributed by atoms with Gasteiger partial charge in [-0.2, -0.15) is 0 Å². The van der Waals surface area contributed by atoms with E-state index in [2.05, 4.69) is 4.90 Å². The number of aliphatic hydroxyl groups excluding tert-OH is 1. The second-order valence-electron chi connectivity index (χ2n) is 5.85. The molecule has 0 aromatic heterocycles. The average Bonchev–Trinajstić information content (AvgIpc) is 2.95. The number of Topliss-reactive ketones (excluding diaryl/α,β-unsaturated/α-hetero) is 1. The summed E-state index contributed by atoms with van der Waals surface area (Å²) in [5.41, 5.74) is 0.664. The quantitative estimate of drug-likeness (QED) is 0.856. The number of nitrogens with zero attached hydrogens (tertiary/aromatic N) is 1. The fraction of sp³-hybridized carbons (Fsp3) is 0.562. The molecule has 3 rings (SSSR count). The van der Waals surface area contributed by atoms with Crippen LogP contribution >= 0.6 is 0 Å². The van der Waals surface area contributed by atoms with Crippen LogP contribution in [0.3, 0.4) is 0 Å². The molecule has 0 saturated carbocycles. The number of carbonyl (C=O) groups is 1. The number of hydrogen-bond donors (Lipinski definition) is 1. The summed E-state index contributed by atoms with van der Waals surface area (Å²) in [6.07, 6.45) is 1.65. The third-order valence-corrected chi connectivity index (χ3v) is 4.38. The molecular weight excluding hydrogens is 270 g/mol. The highest BCUT2D eigenvalue weighted by atomic mass is 16.7. The van der Waals surface area contributed by atoms with E-state index in [0.29, 0.717) is 29.5 Å². The van der Waals surface area contributed by atoms with Crippen LogP contribution in [-0.4, -0.2) is 48.3 Å². The lowest BCUT2D eigenvalue weighted by Gasteiger charge is -2.32. The highest BCUT2D eigenvalue weighted by molar-refractivity contribution is 5.98. The van der Waals surface area contributed by atoms with Gasteiger partial charge < -0.3 is 14.6 Å². The van der Waals surface area contributed by atoms with Crippen molar-refractivity contribution >= 4 is 5.78 Å². The summed E-state index contributed by atoms with van der Waals surface area (Å²) in [6, 6.07) is 5.33. The van der Waals surface area contributed by atoms with Gasteiger partial charge in [-0.3, -0.25) is 9.69 Å². The van der Waals surface area contributed by atoms with E-state index in [1.54, 1.807) is 18.2 Å². The SMILES string of the molecule is CC(O)C1CCN(CC(=O)c2ccc3c(c2)OCO3)CC1. The molecule has 1 unspecified atom stereocenters. The van der Waals surface area contributed by atoms with Crippen molar-refractivity contribution in [3.8, 4) is 11.5 Å². The number of carbonyl (C=O) groups excluding carboxylic acids is 1. The smallest absolute Gasteiger partial charge is 0.231 e. The summed E-state index contributed by atoms with van der Waals surface area (Å²) < 4.78 is 10.6. The predicted molar refractivity (Wildman–Crippen MR) is 77.7 cm³/mol. The standard InChI is InChI=1S/C16H21NO4/c1-11(18)12-4-6-17(7-5-12)9-14(19)13-2-3-15-16(8-13)21-10-20-15/h2-3,8,11-12,18H,4-7,9-10H2,1H3. The van der Waals surface area contributed by atoms with Gasteiger partial charge >= 0.3 is 0 Å². The van der Waals surface area contributed by atoms with Crippen LogP contribution in [0.25, 0.3) is 0 Å². The normalized spacial score (nSPS) is 20.5. The molecule has 0 amide bonds. The van der Waals surface area contributed by atoms with E-state index >= 15 is 0 Å². The lowest BCUT2D eigenvalue weighted by molar-refractivity contribution is 0.0664. The lowest BCUT2D eigenvalue weighted by Crippen LogP contribution is -2.39. The first kappa shape index (κ1) is 14.4. The summed E-state index contributed by atoms with van der Waals surface area (Å²) in [5, 5.41) is 9.60. The molecule has 2 heterocycles. The Morgan fingerprint density at radius 3 is 2.76 bits per heavy atom. The summed E-state index contributed by atoms with van der Waals surface area (Å²) in [5.74, 6) is 1.81. The molecule has 21 heavy (non-hydrogen) atoms. The van der Waals surface area contributed by atoms with Crippen LogP contribution in [0.1, 0.15) is 30.1 Å². The van der Waals surface area contributed by atoms with Gasteiger partial charge in [0.15, 0.2) is 17.3 Å². The molecule has 114 valence electrons. The molecule has 1 N–H and O–H groups in total. The molecule has 1 aromatic rings. The molecule has 0 bridgehead atoms. The Morgan fingerprint density at radius 1 is 1.33 bits per heavy atom. The number of aliphatic hydroxyl groups is 1. The fourth-order valence-corrected chi connectivity index (χ4v) is 2.96. The van der Waals surface area contributed by atoms with Gasteiger partial charge in [0.2, 0.25) is 6.79 Å². The first-order valence-corrected chi connectivity index (χ1v) is 7.47. The second kappa shape index (κ2) is 6.03. The lowest BCUT2D eigenvalue weighted by atomic mass is 9.92. The van der Waals surface area contributed by atoms with Gasteiger partial charge in [0, 0.05) is 5.56 Å². The fourth-order valence-electron chi connectivity index (χ4n) is 2.96. The van der Waals surface area contributed by atoms with Crippen molar-refractivity contribution in [2.75, 3.05) is 26.4 Å². The topological polar surface area (TPSA) is 59.0 Å². The minimum Gasteiger partial charge on any atom is -0.454 e. The maximum atomic E-state index is 12.3. The highest BCUT2D eigenvalue weighted by Crippen LogP contribution is 2.32. The van der Waals surface area contributed by atoms with Crippen LogP contribution in [0.15, 0.2) is 18.2 Å². The van der Waals surface area contributed by atoms with E-state index in [-0.39, 0.29) is 18.7 Å². The van der Waals surface area contributed by atoms with Gasteiger partial charge in [0.1, 0.15) is 0 Å². The van der Waals surface area contributed by atoms with E-state index in [1.165, 1.54) is 0 Å². The number of piperidine rings is 1. The molecule has 2 aliphatic heterocycles. The Balaban J connectivity index is 1.57. The number of likely N-dealkylation sites (tertiary alicyclic amines) is 1. The van der Waals surface area contributed by atoms with Gasteiger partial charge in [-0.1, -0.05) is 0 Å². The Labute approximate surface area is 124 Å². The second-order valence-corrected chi connectivity index (χ2v) is 5.85. The van der Waals surface area contributed by atoms with Crippen molar-refractivity contribution in [1.29, 1.82) is 0 Å². The Hall–Kier alpha value is -1.59. The van der Waals surface area contributed by atoms with Crippen LogP contribution < -0.4 is 9.47 Å². The number of benzene rings is 1. The maximum absolute atomic E-state index is 12.3. The molecule has 1 aromatic carbocycles. The van der Waals surface area contributed by atoms with E-state index in [9.17, 15) is 9.90 Å². The summed E-state index contributed by atoms with van der Waals surface area (Å²) in [4.78, 5) is 14.5. The average molecular weight is 291 g/mol. The van der Waals surface area contributed by atoms with Gasteiger partial charge in [-0.15, -0.1) is 0 Å². The van der Waals surface area contributed by atoms with Crippen molar-refractivity contribution < 1.29 is 19.4 Å². The van der Waals surface area contributed by atoms with Crippen molar-refractivity contribution in [3.63, 3.8) is 0 Å². The van der Waals surface area contributed by atoms with Gasteiger partial charge in [0.25, 0.3) is 0 Å². The van der Waals surface area contributed by atoms with Gasteiger partial charge in [0.05, 0.1) is 12.6 Å². The maximum Gasteiger partial charge on any atom is 0.231 e. The number of fused-ring (bicyclic) bond motifs is 1. The molecule has 1 saturated heterocycles. The largest absolute Gasteiger partial charge is 0.454 e. The third kappa shape index (κ3) is 3.19. The van der Waals surface area contributed by atoms with Crippen molar-refractivity contribution in [2.24, 2.45) is 5.92 Å². The molecule has 1 atom stereocenters. The minimum atomic E-state index is -0.253. The van der Waals surface area contributed by atoms with Crippen molar-refractivity contribution in [1.82, 2.24) is 4.90 Å². The molecule has 0 aliphatic carbocycles. The zero-order valence-corrected chi connectivity index (χ0v) is 12.2. The predicted octanol–water partition coefficient (Wildman–Crippen LogP) is 1.69. The number of ether oxygens (including phenoxy) is 2. The van der Waals surface area contributed by atoms with Crippen LogP contribution in [0.2, 0.25) is 0 Å². The van der Waals surface area contributed by atoms with Crippen LogP contribution in [-0.2, 0) is 0 Å². The summed E-state index contributed by atoms with van der Waals surface area (Å²) in [7, 11) is 0. The van der Waals surface area contributed by atoms with Crippen LogP contribution in [0.4, 0.5) is 0 Å². The van der Waals surface area contributed by atoms with Crippen LogP contribution in [0.5, 0.6) is 11.5 Å². The van der Waals surface area contributed by atoms with Gasteiger partial charge in [-0.05, 0) is 57.0 Å². The number of ketones is 1. The van der Waals surface area contributed by atoms with Gasteiger partial charge in [-0.25, -0.2) is 0 Å². The highest BCUT2D eigenvalue weighted by Gasteiger charge is 2.24. The Bertz CT molecular complexity index is 521. The number of hydrogen-bond acceptors (Lipinski definition) is 5. The molecule has 1 fully saturated rings. The number of rotatable bonds is 4. The Morgan fingerprint density at radius 2 is 2.05 bits per heavy atom. The van der Waals surface area contributed by atoms with Crippen LogP contribution in [0, 0.1) is 5.92 Å². The van der Waals surface area contributed by atoms with E-state index in [1.807, 2.05) is 6.92 Å².